The molecule has 0 saturated heterocycles. The van der Waals surface area contributed by atoms with Crippen LogP contribution in [-0.2, 0) is 9.53 Å². The molecule has 10 nitrogen and oxygen atoms in total. The summed E-state index contributed by atoms with van der Waals surface area (Å²) in [6, 6.07) is 7.67. The number of esters is 1. The van der Waals surface area contributed by atoms with Gasteiger partial charge < -0.3 is 24.6 Å². The van der Waals surface area contributed by atoms with Gasteiger partial charge in [-0.15, -0.1) is 0 Å². The average Bonchev–Trinajstić information content (AvgIpc) is 2.67. The van der Waals surface area contributed by atoms with Crippen LogP contribution in [0, 0.1) is 10.1 Å². The minimum Gasteiger partial charge on any atom is -0.507 e. The van der Waals surface area contributed by atoms with E-state index >= 15 is 0 Å². The Morgan fingerprint density at radius 3 is 2.43 bits per heavy atom. The van der Waals surface area contributed by atoms with E-state index in [1.807, 2.05) is 0 Å². The third kappa shape index (κ3) is 4.67. The lowest BCUT2D eigenvalue weighted by atomic mass is 10.2. The first-order chi connectivity index (χ1) is 13.3. The summed E-state index contributed by atoms with van der Waals surface area (Å²) in [5.74, 6) is -1.48. The molecule has 0 aliphatic rings. The number of phenols is 1. The predicted molar refractivity (Wildman–Crippen MR) is 97.8 cm³/mol. The van der Waals surface area contributed by atoms with Crippen LogP contribution in [-0.4, -0.2) is 42.2 Å². The molecule has 0 unspecified atom stereocenters. The molecule has 0 heterocycles. The first-order valence-corrected chi connectivity index (χ1v) is 7.98. The zero-order valence-corrected chi connectivity index (χ0v) is 15.3. The van der Waals surface area contributed by atoms with Crippen LogP contribution < -0.4 is 14.8 Å². The smallest absolute Gasteiger partial charge is 0.342 e. The topological polar surface area (TPSA) is 137 Å². The van der Waals surface area contributed by atoms with Crippen molar-refractivity contribution in [3.05, 3.63) is 52.1 Å². The van der Waals surface area contributed by atoms with Crippen LogP contribution in [0.5, 0.6) is 17.2 Å². The third-order valence-electron chi connectivity index (χ3n) is 3.73. The number of nitro groups is 1. The van der Waals surface area contributed by atoms with E-state index in [9.17, 15) is 24.8 Å². The molecule has 0 aliphatic heterocycles. The van der Waals surface area contributed by atoms with Gasteiger partial charge in [0.15, 0.2) is 6.10 Å². The number of benzene rings is 2. The number of nitrogens with one attached hydrogen (secondary N) is 1. The minimum absolute atomic E-state index is 0.0527. The van der Waals surface area contributed by atoms with Gasteiger partial charge in [-0.1, -0.05) is 0 Å². The zero-order chi connectivity index (χ0) is 20.8. The molecule has 148 valence electrons. The summed E-state index contributed by atoms with van der Waals surface area (Å²) in [5.41, 5.74) is -0.339. The monoisotopic (exact) mass is 390 g/mol. The minimum atomic E-state index is -1.25. The fraction of sp³-hybridized carbons (Fsp3) is 0.222. The van der Waals surface area contributed by atoms with Crippen LogP contribution in [0.1, 0.15) is 17.3 Å². The number of phenolic OH excluding ortho intramolecular Hbond substituents is 1. The van der Waals surface area contributed by atoms with Crippen molar-refractivity contribution < 1.29 is 33.8 Å². The van der Waals surface area contributed by atoms with Crippen molar-refractivity contribution in [3.63, 3.8) is 0 Å². The molecule has 0 radical (unpaired) electrons. The normalized spacial score (nSPS) is 11.2. The van der Waals surface area contributed by atoms with Crippen LogP contribution in [0.2, 0.25) is 0 Å². The van der Waals surface area contributed by atoms with Gasteiger partial charge in [0.1, 0.15) is 22.8 Å². The Kier molecular flexibility index (Phi) is 6.38. The van der Waals surface area contributed by atoms with Crippen molar-refractivity contribution >= 4 is 23.3 Å². The van der Waals surface area contributed by atoms with Gasteiger partial charge in [-0.3, -0.25) is 14.9 Å². The van der Waals surface area contributed by atoms with E-state index in [0.29, 0.717) is 5.75 Å². The quantitative estimate of drug-likeness (QED) is 0.418. The first kappa shape index (κ1) is 20.5. The van der Waals surface area contributed by atoms with Gasteiger partial charge in [0.2, 0.25) is 0 Å². The lowest BCUT2D eigenvalue weighted by molar-refractivity contribution is -0.384. The molecule has 1 atom stereocenters. The highest BCUT2D eigenvalue weighted by Gasteiger charge is 2.23. The number of aromatic hydroxyl groups is 1. The molecule has 1 amide bonds. The lowest BCUT2D eigenvalue weighted by Gasteiger charge is -2.15. The molecule has 2 aromatic carbocycles. The summed E-state index contributed by atoms with van der Waals surface area (Å²) < 4.78 is 15.0. The van der Waals surface area contributed by atoms with Crippen LogP contribution in [0.4, 0.5) is 11.4 Å². The molecule has 2 N–H and O–H groups in total. The summed E-state index contributed by atoms with van der Waals surface area (Å²) in [6.45, 7) is 1.32. The van der Waals surface area contributed by atoms with Crippen LogP contribution in [0.3, 0.4) is 0 Å². The maximum absolute atomic E-state index is 12.3. The van der Waals surface area contributed by atoms with Gasteiger partial charge in [-0.05, 0) is 25.1 Å². The number of methoxy groups -OCH3 is 2. The van der Waals surface area contributed by atoms with E-state index < -0.39 is 22.9 Å². The molecular formula is C18H18N2O8. The van der Waals surface area contributed by atoms with E-state index in [1.165, 1.54) is 51.5 Å². The van der Waals surface area contributed by atoms with Crippen molar-refractivity contribution in [2.24, 2.45) is 0 Å². The summed E-state index contributed by atoms with van der Waals surface area (Å²) in [6.07, 6.45) is -1.25. The van der Waals surface area contributed by atoms with Gasteiger partial charge in [0.05, 0.1) is 24.8 Å². The van der Waals surface area contributed by atoms with Crippen molar-refractivity contribution in [1.82, 2.24) is 0 Å². The Bertz CT molecular complexity index is 912. The first-order valence-electron chi connectivity index (χ1n) is 7.98. The van der Waals surface area contributed by atoms with Crippen LogP contribution >= 0.6 is 0 Å². The number of nitrogens with zero attached hydrogens (tertiary/aromatic N) is 1. The summed E-state index contributed by atoms with van der Waals surface area (Å²) in [4.78, 5) is 34.8. The highest BCUT2D eigenvalue weighted by Crippen LogP contribution is 2.29. The second-order valence-corrected chi connectivity index (χ2v) is 5.56. The number of anilines is 1. The third-order valence-corrected chi connectivity index (χ3v) is 3.73. The SMILES string of the molecule is COc1ccc(C(=O)O[C@@H](C)C(=O)Nc2cc([N+](=O)[O-])ccc2OC)c(O)c1. The van der Waals surface area contributed by atoms with Gasteiger partial charge >= 0.3 is 5.97 Å². The van der Waals surface area contributed by atoms with Crippen molar-refractivity contribution in [3.8, 4) is 17.2 Å². The molecule has 0 aromatic heterocycles. The molecule has 2 aromatic rings. The highest BCUT2D eigenvalue weighted by molar-refractivity contribution is 5.99. The molecular weight excluding hydrogens is 372 g/mol. The highest BCUT2D eigenvalue weighted by atomic mass is 16.6. The number of hydrogen-bond acceptors (Lipinski definition) is 8. The molecule has 0 bridgehead atoms. The van der Waals surface area contributed by atoms with Gasteiger partial charge in [0.25, 0.3) is 11.6 Å². The Labute approximate surface area is 159 Å². The predicted octanol–water partition coefficient (Wildman–Crippen LogP) is 2.50. The standard InChI is InChI=1S/C18H18N2O8/c1-10(28-18(23)13-6-5-12(26-2)9-15(13)21)17(22)19-14-8-11(20(24)25)4-7-16(14)27-3/h4-10,21H,1-3H3,(H,19,22)/t10-/m0/s1. The van der Waals surface area contributed by atoms with Crippen molar-refractivity contribution in [2.45, 2.75) is 13.0 Å². The van der Waals surface area contributed by atoms with Gasteiger partial charge in [0, 0.05) is 18.2 Å². The number of rotatable bonds is 7. The number of carbonyl (C=O) groups is 2. The Morgan fingerprint density at radius 2 is 1.86 bits per heavy atom. The Hall–Kier alpha value is -3.82. The molecule has 0 saturated carbocycles. The van der Waals surface area contributed by atoms with E-state index in [2.05, 4.69) is 5.32 Å². The molecule has 0 fully saturated rings. The van der Waals surface area contributed by atoms with E-state index in [0.717, 1.165) is 6.07 Å². The Balaban J connectivity index is 2.12. The lowest BCUT2D eigenvalue weighted by Crippen LogP contribution is -2.30. The van der Waals surface area contributed by atoms with E-state index in [-0.39, 0.29) is 28.4 Å². The van der Waals surface area contributed by atoms with E-state index in [4.69, 9.17) is 14.2 Å². The van der Waals surface area contributed by atoms with Gasteiger partial charge in [-0.2, -0.15) is 0 Å². The van der Waals surface area contributed by atoms with Crippen LogP contribution in [0.15, 0.2) is 36.4 Å². The zero-order valence-electron chi connectivity index (χ0n) is 15.3. The average molecular weight is 390 g/mol. The molecule has 0 spiro atoms. The number of hydrogen-bond donors (Lipinski definition) is 2. The molecule has 0 aliphatic carbocycles. The number of nitro benzene ring substituents is 1. The fourth-order valence-electron chi connectivity index (χ4n) is 2.23. The Morgan fingerprint density at radius 1 is 1.14 bits per heavy atom. The summed E-state index contributed by atoms with van der Waals surface area (Å²) >= 11 is 0. The fourth-order valence-corrected chi connectivity index (χ4v) is 2.23. The number of ether oxygens (including phenoxy) is 3. The second-order valence-electron chi connectivity index (χ2n) is 5.56. The molecule has 28 heavy (non-hydrogen) atoms. The largest absolute Gasteiger partial charge is 0.507 e. The van der Waals surface area contributed by atoms with Crippen LogP contribution in [0.25, 0.3) is 0 Å². The summed E-state index contributed by atoms with van der Waals surface area (Å²) in [7, 11) is 2.74. The van der Waals surface area contributed by atoms with Crippen molar-refractivity contribution in [2.75, 3.05) is 19.5 Å². The summed E-state index contributed by atoms with van der Waals surface area (Å²) in [5, 5.41) is 23.2. The molecule has 2 rings (SSSR count). The number of carbonyl (C=O) groups excluding carboxylic acids is 2. The van der Waals surface area contributed by atoms with Crippen molar-refractivity contribution in [1.29, 1.82) is 0 Å². The van der Waals surface area contributed by atoms with E-state index in [1.54, 1.807) is 0 Å². The molecule has 10 heteroatoms. The maximum Gasteiger partial charge on any atom is 0.342 e. The second kappa shape index (κ2) is 8.71. The number of amides is 1. The van der Waals surface area contributed by atoms with Gasteiger partial charge in [-0.25, -0.2) is 4.79 Å². The maximum atomic E-state index is 12.3. The number of non-ortho nitro benzene ring substituents is 1.